The maximum Gasteiger partial charge on any atom is 0.407 e. The maximum atomic E-state index is 11.1. The number of hydrogen-bond acceptors (Lipinski definition) is 4. The highest BCUT2D eigenvalue weighted by molar-refractivity contribution is 7.79. The van der Waals surface area contributed by atoms with E-state index in [2.05, 4.69) is 5.32 Å². The van der Waals surface area contributed by atoms with Crippen LogP contribution in [0, 0.1) is 0 Å². The lowest BCUT2D eigenvalue weighted by Gasteiger charge is -2.20. The molecule has 0 fully saturated rings. The highest BCUT2D eigenvalue weighted by Crippen LogP contribution is 2.06. The molecular weight excluding hydrogens is 222 g/mol. The van der Waals surface area contributed by atoms with Gasteiger partial charge in [-0.1, -0.05) is 0 Å². The standard InChI is InChI=1S/C8H17NO5S/c1-8(2,3)14-7(11)9-4-6(10)5-15(12)13/h6,10H,4-5H2,1-3H3,(H,9,11)(H,12,13). The number of aliphatic hydroxyl groups excluding tert-OH is 1. The summed E-state index contributed by atoms with van der Waals surface area (Å²) >= 11 is -2.07. The van der Waals surface area contributed by atoms with Crippen molar-refractivity contribution in [3.63, 3.8) is 0 Å². The lowest BCUT2D eigenvalue weighted by Crippen LogP contribution is -2.38. The van der Waals surface area contributed by atoms with Gasteiger partial charge < -0.3 is 19.7 Å². The average Bonchev–Trinajstić information content (AvgIpc) is 1.96. The van der Waals surface area contributed by atoms with Crippen LogP contribution in [-0.4, -0.2) is 44.0 Å². The van der Waals surface area contributed by atoms with Crippen LogP contribution in [0.15, 0.2) is 0 Å². The molecule has 6 nitrogen and oxygen atoms in total. The third-order valence-corrected chi connectivity index (χ3v) is 1.89. The molecule has 7 heteroatoms. The quantitative estimate of drug-likeness (QED) is 0.604. The molecule has 0 aromatic carbocycles. The fourth-order valence-electron chi connectivity index (χ4n) is 0.739. The van der Waals surface area contributed by atoms with Crippen LogP contribution in [0.4, 0.5) is 4.79 Å². The second-order valence-corrected chi connectivity index (χ2v) is 5.00. The highest BCUT2D eigenvalue weighted by atomic mass is 32.2. The minimum Gasteiger partial charge on any atom is -0.444 e. The largest absolute Gasteiger partial charge is 0.444 e. The van der Waals surface area contributed by atoms with Gasteiger partial charge in [0.15, 0.2) is 11.1 Å². The summed E-state index contributed by atoms with van der Waals surface area (Å²) in [7, 11) is 0. The first-order valence-electron chi connectivity index (χ1n) is 4.43. The Morgan fingerprint density at radius 3 is 2.47 bits per heavy atom. The molecule has 0 rings (SSSR count). The van der Waals surface area contributed by atoms with Crippen molar-refractivity contribution in [2.45, 2.75) is 32.5 Å². The van der Waals surface area contributed by atoms with Crippen LogP contribution in [0.1, 0.15) is 20.8 Å². The number of carbonyl (C=O) groups excluding carboxylic acids is 1. The normalized spacial score (nSPS) is 15.5. The monoisotopic (exact) mass is 239 g/mol. The summed E-state index contributed by atoms with van der Waals surface area (Å²) in [4.78, 5) is 11.1. The Morgan fingerprint density at radius 1 is 1.53 bits per heavy atom. The molecule has 2 atom stereocenters. The van der Waals surface area contributed by atoms with Crippen molar-refractivity contribution in [3.05, 3.63) is 0 Å². The molecule has 0 aromatic rings. The molecule has 0 saturated carbocycles. The summed E-state index contributed by atoms with van der Waals surface area (Å²) in [5.41, 5.74) is -0.602. The Balaban J connectivity index is 3.76. The molecule has 0 aromatic heterocycles. The molecule has 0 heterocycles. The Kier molecular flexibility index (Phi) is 5.77. The summed E-state index contributed by atoms with van der Waals surface area (Å²) in [6, 6.07) is 0. The first-order valence-corrected chi connectivity index (χ1v) is 5.70. The Labute approximate surface area is 91.3 Å². The molecule has 0 aliphatic carbocycles. The smallest absolute Gasteiger partial charge is 0.407 e. The number of hydrogen-bond donors (Lipinski definition) is 3. The average molecular weight is 239 g/mol. The highest BCUT2D eigenvalue weighted by Gasteiger charge is 2.17. The van der Waals surface area contributed by atoms with Gasteiger partial charge in [-0.3, -0.25) is 0 Å². The SMILES string of the molecule is CC(C)(C)OC(=O)NCC(O)CS(=O)O. The van der Waals surface area contributed by atoms with Crippen LogP contribution in [0.5, 0.6) is 0 Å². The van der Waals surface area contributed by atoms with Gasteiger partial charge in [-0.2, -0.15) is 0 Å². The molecular formula is C8H17NO5S. The van der Waals surface area contributed by atoms with Crippen LogP contribution >= 0.6 is 0 Å². The number of rotatable bonds is 4. The predicted molar refractivity (Wildman–Crippen MR) is 55.9 cm³/mol. The topological polar surface area (TPSA) is 95.9 Å². The zero-order valence-corrected chi connectivity index (χ0v) is 9.84. The van der Waals surface area contributed by atoms with Crippen LogP contribution in [-0.2, 0) is 15.8 Å². The van der Waals surface area contributed by atoms with Crippen molar-refractivity contribution in [1.82, 2.24) is 5.32 Å². The minimum atomic E-state index is -2.07. The minimum absolute atomic E-state index is 0.110. The summed E-state index contributed by atoms with van der Waals surface area (Å²) in [6.07, 6.45) is -1.71. The Bertz CT molecular complexity index is 238. The molecule has 15 heavy (non-hydrogen) atoms. The number of carbonyl (C=O) groups is 1. The number of nitrogens with one attached hydrogen (secondary N) is 1. The molecule has 0 bridgehead atoms. The Morgan fingerprint density at radius 2 is 2.07 bits per heavy atom. The van der Waals surface area contributed by atoms with Crippen LogP contribution in [0.2, 0.25) is 0 Å². The van der Waals surface area contributed by atoms with Crippen molar-refractivity contribution in [3.8, 4) is 0 Å². The summed E-state index contributed by atoms with van der Waals surface area (Å²) in [5.74, 6) is -0.296. The lowest BCUT2D eigenvalue weighted by molar-refractivity contribution is 0.0498. The van der Waals surface area contributed by atoms with E-state index in [1.54, 1.807) is 20.8 Å². The molecule has 90 valence electrons. The second kappa shape index (κ2) is 6.04. The fourth-order valence-corrected chi connectivity index (χ4v) is 1.19. The molecule has 2 unspecified atom stereocenters. The maximum absolute atomic E-state index is 11.1. The second-order valence-electron chi connectivity index (χ2n) is 4.02. The van der Waals surface area contributed by atoms with E-state index in [-0.39, 0.29) is 12.3 Å². The van der Waals surface area contributed by atoms with Crippen molar-refractivity contribution in [1.29, 1.82) is 0 Å². The van der Waals surface area contributed by atoms with E-state index < -0.39 is 28.9 Å². The van der Waals surface area contributed by atoms with E-state index in [0.717, 1.165) is 0 Å². The number of ether oxygens (including phenoxy) is 1. The van der Waals surface area contributed by atoms with E-state index in [1.807, 2.05) is 0 Å². The van der Waals surface area contributed by atoms with Gasteiger partial charge >= 0.3 is 6.09 Å². The van der Waals surface area contributed by atoms with Gasteiger partial charge in [-0.15, -0.1) is 0 Å². The van der Waals surface area contributed by atoms with Gasteiger partial charge in [-0.25, -0.2) is 9.00 Å². The van der Waals surface area contributed by atoms with E-state index in [0.29, 0.717) is 0 Å². The predicted octanol–water partition coefficient (Wildman–Crippen LogP) is 0.0937. The van der Waals surface area contributed by atoms with E-state index in [4.69, 9.17) is 14.4 Å². The van der Waals surface area contributed by atoms with Gasteiger partial charge in [0.05, 0.1) is 11.9 Å². The molecule has 3 N–H and O–H groups in total. The molecule has 0 aliphatic heterocycles. The van der Waals surface area contributed by atoms with Crippen LogP contribution in [0.25, 0.3) is 0 Å². The first kappa shape index (κ1) is 14.3. The third kappa shape index (κ3) is 9.64. The van der Waals surface area contributed by atoms with Crippen molar-refractivity contribution in [2.24, 2.45) is 0 Å². The molecule has 0 spiro atoms. The van der Waals surface area contributed by atoms with Gasteiger partial charge in [0.2, 0.25) is 0 Å². The zero-order valence-electron chi connectivity index (χ0n) is 9.02. The molecule has 0 saturated heterocycles. The summed E-state index contributed by atoms with van der Waals surface area (Å²) < 4.78 is 23.6. The number of aliphatic hydroxyl groups is 1. The summed E-state index contributed by atoms with van der Waals surface area (Å²) in [6.45, 7) is 5.03. The van der Waals surface area contributed by atoms with Crippen molar-refractivity contribution in [2.75, 3.05) is 12.3 Å². The van der Waals surface area contributed by atoms with Crippen molar-refractivity contribution < 1.29 is 23.4 Å². The molecule has 1 amide bonds. The first-order chi connectivity index (χ1) is 6.70. The van der Waals surface area contributed by atoms with Crippen LogP contribution < -0.4 is 5.32 Å². The van der Waals surface area contributed by atoms with Crippen molar-refractivity contribution >= 4 is 17.2 Å². The van der Waals surface area contributed by atoms with Gasteiger partial charge in [0.1, 0.15) is 5.60 Å². The van der Waals surface area contributed by atoms with E-state index >= 15 is 0 Å². The molecule has 0 radical (unpaired) electrons. The fraction of sp³-hybridized carbons (Fsp3) is 0.875. The van der Waals surface area contributed by atoms with Gasteiger partial charge in [0.25, 0.3) is 0 Å². The number of alkyl carbamates (subject to hydrolysis) is 1. The number of amides is 1. The Hall–Kier alpha value is -0.660. The van der Waals surface area contributed by atoms with Gasteiger partial charge in [-0.05, 0) is 20.8 Å². The summed E-state index contributed by atoms with van der Waals surface area (Å²) in [5, 5.41) is 11.4. The van der Waals surface area contributed by atoms with Crippen LogP contribution in [0.3, 0.4) is 0 Å². The lowest BCUT2D eigenvalue weighted by atomic mass is 10.2. The van der Waals surface area contributed by atoms with E-state index in [9.17, 15) is 9.00 Å². The molecule has 0 aliphatic rings. The zero-order chi connectivity index (χ0) is 12.1. The van der Waals surface area contributed by atoms with E-state index in [1.165, 1.54) is 0 Å². The third-order valence-electron chi connectivity index (χ3n) is 1.22. The van der Waals surface area contributed by atoms with Gasteiger partial charge in [0, 0.05) is 6.54 Å².